The quantitative estimate of drug-likeness (QED) is 0.486. The van der Waals surface area contributed by atoms with Crippen molar-refractivity contribution in [3.05, 3.63) is 0 Å². The molecule has 11 heavy (non-hydrogen) atoms. The molecule has 4 heteroatoms. The molecule has 0 bridgehead atoms. The first-order valence-electron chi connectivity index (χ1n) is 3.70. The number of hydrogen-bond acceptors (Lipinski definition) is 3. The molecule has 0 saturated carbocycles. The molecule has 1 aliphatic heterocycles. The summed E-state index contributed by atoms with van der Waals surface area (Å²) in [6.45, 7) is 0.459. The van der Waals surface area contributed by atoms with Crippen LogP contribution in [-0.4, -0.2) is 29.0 Å². The Kier molecular flexibility index (Phi) is 2.93. The molecular formula is C7H11NO2S. The van der Waals surface area contributed by atoms with Crippen LogP contribution in [0.2, 0.25) is 0 Å². The lowest BCUT2D eigenvalue weighted by molar-refractivity contribution is -0.147. The summed E-state index contributed by atoms with van der Waals surface area (Å²) in [5.74, 6) is 0.461. The minimum atomic E-state index is -0.0460. The van der Waals surface area contributed by atoms with E-state index in [0.717, 1.165) is 0 Å². The number of carbonyl (C=O) groups is 2. The second kappa shape index (κ2) is 3.76. The number of hydrogen-bond donors (Lipinski definition) is 1. The Morgan fingerprint density at radius 3 is 2.27 bits per heavy atom. The second-order valence-electron chi connectivity index (χ2n) is 2.52. The molecule has 1 saturated heterocycles. The van der Waals surface area contributed by atoms with E-state index in [1.165, 1.54) is 4.90 Å². The van der Waals surface area contributed by atoms with Crippen LogP contribution in [0.3, 0.4) is 0 Å². The Bertz CT molecular complexity index is 165. The van der Waals surface area contributed by atoms with Crippen molar-refractivity contribution in [3.63, 3.8) is 0 Å². The summed E-state index contributed by atoms with van der Waals surface area (Å²) in [5.41, 5.74) is 0. The van der Waals surface area contributed by atoms with E-state index >= 15 is 0 Å². The molecule has 0 aromatic rings. The average Bonchev–Trinajstić information content (AvgIpc) is 1.97. The van der Waals surface area contributed by atoms with Crippen molar-refractivity contribution in [1.82, 2.24) is 4.90 Å². The van der Waals surface area contributed by atoms with Crippen molar-refractivity contribution < 1.29 is 9.59 Å². The molecule has 62 valence electrons. The molecular weight excluding hydrogens is 162 g/mol. The number of nitrogens with zero attached hydrogens (tertiary/aromatic N) is 1. The summed E-state index contributed by atoms with van der Waals surface area (Å²) >= 11 is 3.97. The van der Waals surface area contributed by atoms with Gasteiger partial charge in [-0.3, -0.25) is 14.5 Å². The molecule has 0 N–H and O–H groups in total. The molecule has 0 spiro atoms. The van der Waals surface area contributed by atoms with Crippen LogP contribution in [0, 0.1) is 0 Å². The minimum absolute atomic E-state index is 0.0460. The highest BCUT2D eigenvalue weighted by Gasteiger charge is 2.24. The smallest absolute Gasteiger partial charge is 0.229 e. The predicted octanol–water partition coefficient (Wildman–Crippen LogP) is 0.455. The van der Waals surface area contributed by atoms with Crippen molar-refractivity contribution in [2.75, 3.05) is 12.3 Å². The predicted molar refractivity (Wildman–Crippen MR) is 44.4 cm³/mol. The summed E-state index contributed by atoms with van der Waals surface area (Å²) in [6, 6.07) is 0. The van der Waals surface area contributed by atoms with Crippen LogP contribution in [0.15, 0.2) is 0 Å². The minimum Gasteiger partial charge on any atom is -0.282 e. The number of thiol groups is 1. The van der Waals surface area contributed by atoms with E-state index in [1.54, 1.807) is 0 Å². The molecule has 1 rings (SSSR count). The van der Waals surface area contributed by atoms with Gasteiger partial charge in [-0.25, -0.2) is 0 Å². The number of likely N-dealkylation sites (tertiary alicyclic amines) is 1. The first kappa shape index (κ1) is 8.59. The van der Waals surface area contributed by atoms with Gasteiger partial charge in [-0.15, -0.1) is 0 Å². The van der Waals surface area contributed by atoms with Crippen molar-refractivity contribution in [2.45, 2.75) is 19.3 Å². The zero-order valence-corrected chi connectivity index (χ0v) is 7.14. The van der Waals surface area contributed by atoms with E-state index in [1.807, 2.05) is 0 Å². The zero-order chi connectivity index (χ0) is 8.27. The van der Waals surface area contributed by atoms with Gasteiger partial charge >= 0.3 is 0 Å². The van der Waals surface area contributed by atoms with Crippen molar-refractivity contribution in [1.29, 1.82) is 0 Å². The van der Waals surface area contributed by atoms with E-state index < -0.39 is 0 Å². The fraction of sp³-hybridized carbons (Fsp3) is 0.714. The monoisotopic (exact) mass is 173 g/mol. The van der Waals surface area contributed by atoms with E-state index in [0.29, 0.717) is 31.6 Å². The lowest BCUT2D eigenvalue weighted by atomic mass is 10.1. The standard InChI is InChI=1S/C7H11NO2S/c9-6-2-1-3-7(10)8(6)4-5-11/h11H,1-5H2. The number of imide groups is 1. The molecule has 0 atom stereocenters. The van der Waals surface area contributed by atoms with Crippen LogP contribution in [0.1, 0.15) is 19.3 Å². The van der Waals surface area contributed by atoms with Crippen LogP contribution in [0.4, 0.5) is 0 Å². The van der Waals surface area contributed by atoms with Crippen LogP contribution in [0.25, 0.3) is 0 Å². The van der Waals surface area contributed by atoms with Gasteiger partial charge in [-0.1, -0.05) is 0 Å². The van der Waals surface area contributed by atoms with Gasteiger partial charge in [-0.2, -0.15) is 12.6 Å². The zero-order valence-electron chi connectivity index (χ0n) is 6.25. The molecule has 0 unspecified atom stereocenters. The Hall–Kier alpha value is -0.510. The van der Waals surface area contributed by atoms with E-state index in [4.69, 9.17) is 0 Å². The molecule has 2 amide bonds. The first-order valence-corrected chi connectivity index (χ1v) is 4.33. The van der Waals surface area contributed by atoms with Crippen LogP contribution in [-0.2, 0) is 9.59 Å². The summed E-state index contributed by atoms with van der Waals surface area (Å²) in [4.78, 5) is 23.4. The number of amides is 2. The number of piperidine rings is 1. The summed E-state index contributed by atoms with van der Waals surface area (Å²) in [5, 5.41) is 0. The van der Waals surface area contributed by atoms with Gasteiger partial charge in [0.2, 0.25) is 11.8 Å². The topological polar surface area (TPSA) is 37.4 Å². The Labute approximate surface area is 71.2 Å². The van der Waals surface area contributed by atoms with E-state index in [9.17, 15) is 9.59 Å². The summed E-state index contributed by atoms with van der Waals surface area (Å²) in [7, 11) is 0. The van der Waals surface area contributed by atoms with Gasteiger partial charge < -0.3 is 0 Å². The van der Waals surface area contributed by atoms with Gasteiger partial charge in [0.15, 0.2) is 0 Å². The highest BCUT2D eigenvalue weighted by atomic mass is 32.1. The Morgan fingerprint density at radius 2 is 1.82 bits per heavy atom. The maximum atomic E-state index is 11.1. The van der Waals surface area contributed by atoms with E-state index in [2.05, 4.69) is 12.6 Å². The number of carbonyl (C=O) groups excluding carboxylic acids is 2. The molecule has 0 aliphatic carbocycles. The maximum absolute atomic E-state index is 11.1. The van der Waals surface area contributed by atoms with Gasteiger partial charge in [0.1, 0.15) is 0 Å². The number of rotatable bonds is 2. The Morgan fingerprint density at radius 1 is 1.27 bits per heavy atom. The normalized spacial score (nSPS) is 19.2. The van der Waals surface area contributed by atoms with Gasteiger partial charge in [0.05, 0.1) is 0 Å². The highest BCUT2D eigenvalue weighted by molar-refractivity contribution is 7.80. The SMILES string of the molecule is O=C1CCCC(=O)N1CCS. The summed E-state index contributed by atoms with van der Waals surface area (Å²) < 4.78 is 0. The lowest BCUT2D eigenvalue weighted by Gasteiger charge is -2.23. The molecule has 1 heterocycles. The highest BCUT2D eigenvalue weighted by Crippen LogP contribution is 2.11. The largest absolute Gasteiger partial charge is 0.282 e. The van der Waals surface area contributed by atoms with Crippen molar-refractivity contribution in [2.24, 2.45) is 0 Å². The van der Waals surface area contributed by atoms with Gasteiger partial charge in [0.25, 0.3) is 0 Å². The van der Waals surface area contributed by atoms with Crippen molar-refractivity contribution >= 4 is 24.4 Å². The maximum Gasteiger partial charge on any atom is 0.229 e. The third-order valence-corrected chi connectivity index (χ3v) is 1.91. The van der Waals surface area contributed by atoms with Crippen molar-refractivity contribution in [3.8, 4) is 0 Å². The van der Waals surface area contributed by atoms with Crippen LogP contribution in [0.5, 0.6) is 0 Å². The molecule has 1 aliphatic rings. The second-order valence-corrected chi connectivity index (χ2v) is 2.96. The van der Waals surface area contributed by atoms with Gasteiger partial charge in [-0.05, 0) is 6.42 Å². The third kappa shape index (κ3) is 1.96. The molecule has 0 aromatic carbocycles. The molecule has 3 nitrogen and oxygen atoms in total. The lowest BCUT2D eigenvalue weighted by Crippen LogP contribution is -2.41. The van der Waals surface area contributed by atoms with Crippen LogP contribution < -0.4 is 0 Å². The fourth-order valence-electron chi connectivity index (χ4n) is 1.15. The Balaban J connectivity index is 2.55. The van der Waals surface area contributed by atoms with Gasteiger partial charge in [0, 0.05) is 25.1 Å². The molecule has 0 radical (unpaired) electrons. The third-order valence-electron chi connectivity index (χ3n) is 1.71. The molecule has 0 aromatic heterocycles. The average molecular weight is 173 g/mol. The molecule has 1 fully saturated rings. The van der Waals surface area contributed by atoms with E-state index in [-0.39, 0.29) is 11.8 Å². The first-order chi connectivity index (χ1) is 5.25. The fourth-order valence-corrected chi connectivity index (χ4v) is 1.35. The summed E-state index contributed by atoms with van der Waals surface area (Å²) in [6.07, 6.45) is 1.74. The van der Waals surface area contributed by atoms with Crippen LogP contribution >= 0.6 is 12.6 Å².